The van der Waals surface area contributed by atoms with Crippen LogP contribution in [0.3, 0.4) is 0 Å². The molecule has 3 rings (SSSR count). The van der Waals surface area contributed by atoms with Crippen molar-refractivity contribution in [3.8, 4) is 0 Å². The third kappa shape index (κ3) is 2.09. The van der Waals surface area contributed by atoms with Gasteiger partial charge in [-0.15, -0.1) is 0 Å². The summed E-state index contributed by atoms with van der Waals surface area (Å²) in [5.74, 6) is -0.675. The fraction of sp³-hybridized carbons (Fsp3) is 0.357. The molecule has 0 amide bonds. The zero-order chi connectivity index (χ0) is 13.4. The summed E-state index contributed by atoms with van der Waals surface area (Å²) >= 11 is 0. The van der Waals surface area contributed by atoms with Crippen molar-refractivity contribution < 1.29 is 8.78 Å². The predicted octanol–water partition coefficient (Wildman–Crippen LogP) is 3.13. The van der Waals surface area contributed by atoms with E-state index < -0.39 is 11.6 Å². The first-order valence-electron chi connectivity index (χ1n) is 6.46. The average molecular weight is 263 g/mol. The van der Waals surface area contributed by atoms with E-state index in [1.165, 1.54) is 12.1 Å². The van der Waals surface area contributed by atoms with Crippen LogP contribution < -0.4 is 5.32 Å². The van der Waals surface area contributed by atoms with Crippen molar-refractivity contribution >= 4 is 5.82 Å². The molecule has 2 aromatic rings. The lowest BCUT2D eigenvalue weighted by atomic mass is 10.0. The van der Waals surface area contributed by atoms with Crippen molar-refractivity contribution in [2.45, 2.75) is 25.8 Å². The number of halogens is 2. The average Bonchev–Trinajstić information content (AvgIpc) is 2.85. The normalized spacial score (nSPS) is 17.9. The van der Waals surface area contributed by atoms with E-state index in [0.29, 0.717) is 0 Å². The van der Waals surface area contributed by atoms with Crippen LogP contribution in [-0.2, 0) is 6.42 Å². The van der Waals surface area contributed by atoms with Gasteiger partial charge < -0.3 is 5.32 Å². The Morgan fingerprint density at radius 3 is 2.89 bits per heavy atom. The first kappa shape index (κ1) is 12.1. The molecule has 5 heteroatoms. The summed E-state index contributed by atoms with van der Waals surface area (Å²) in [7, 11) is 0. The van der Waals surface area contributed by atoms with Crippen molar-refractivity contribution in [1.82, 2.24) is 9.78 Å². The van der Waals surface area contributed by atoms with Crippen LogP contribution in [0.25, 0.3) is 0 Å². The number of hydrogen-bond acceptors (Lipinski definition) is 2. The number of nitrogens with zero attached hydrogens (tertiary/aromatic N) is 2. The molecule has 1 aliphatic rings. The van der Waals surface area contributed by atoms with Gasteiger partial charge in [-0.1, -0.05) is 13.0 Å². The second-order valence-corrected chi connectivity index (χ2v) is 4.72. The molecule has 1 unspecified atom stereocenters. The molecule has 2 heterocycles. The maximum atomic E-state index is 13.4. The number of fused-ring (bicyclic) bond motifs is 1. The zero-order valence-corrected chi connectivity index (χ0v) is 10.7. The largest absolute Gasteiger partial charge is 0.370 e. The lowest BCUT2D eigenvalue weighted by Gasteiger charge is -2.26. The Kier molecular flexibility index (Phi) is 2.97. The first-order chi connectivity index (χ1) is 9.19. The third-order valence-electron chi connectivity index (χ3n) is 3.50. The van der Waals surface area contributed by atoms with E-state index in [9.17, 15) is 8.78 Å². The van der Waals surface area contributed by atoms with Crippen LogP contribution in [0.2, 0.25) is 0 Å². The van der Waals surface area contributed by atoms with E-state index >= 15 is 0 Å². The molecule has 1 aromatic heterocycles. The van der Waals surface area contributed by atoms with Crippen molar-refractivity contribution in [2.24, 2.45) is 0 Å². The van der Waals surface area contributed by atoms with Gasteiger partial charge in [-0.05, 0) is 30.5 Å². The number of hydrogen-bond donors (Lipinski definition) is 1. The molecule has 0 radical (unpaired) electrons. The van der Waals surface area contributed by atoms with Gasteiger partial charge in [0, 0.05) is 12.6 Å². The Hall–Kier alpha value is -1.91. The number of aryl methyl sites for hydroxylation is 1. The Labute approximate surface area is 110 Å². The van der Waals surface area contributed by atoms with Crippen molar-refractivity contribution in [3.63, 3.8) is 0 Å². The van der Waals surface area contributed by atoms with E-state index in [4.69, 9.17) is 0 Å². The highest BCUT2D eigenvalue weighted by Crippen LogP contribution is 2.30. The highest BCUT2D eigenvalue weighted by molar-refractivity contribution is 5.41. The Morgan fingerprint density at radius 1 is 1.32 bits per heavy atom. The fourth-order valence-electron chi connectivity index (χ4n) is 2.47. The molecule has 19 heavy (non-hydrogen) atoms. The lowest BCUT2D eigenvalue weighted by molar-refractivity contribution is 0.466. The van der Waals surface area contributed by atoms with Gasteiger partial charge in [0.2, 0.25) is 0 Å². The lowest BCUT2D eigenvalue weighted by Crippen LogP contribution is -2.24. The topological polar surface area (TPSA) is 29.9 Å². The highest BCUT2D eigenvalue weighted by Gasteiger charge is 2.23. The van der Waals surface area contributed by atoms with E-state index in [1.54, 1.807) is 6.07 Å². The molecule has 1 aliphatic heterocycles. The smallest absolute Gasteiger partial charge is 0.159 e. The van der Waals surface area contributed by atoms with Crippen LogP contribution in [0.15, 0.2) is 24.3 Å². The molecule has 3 nitrogen and oxygen atoms in total. The summed E-state index contributed by atoms with van der Waals surface area (Å²) < 4.78 is 28.2. The minimum absolute atomic E-state index is 0.0355. The fourth-order valence-corrected chi connectivity index (χ4v) is 2.47. The van der Waals surface area contributed by atoms with E-state index in [-0.39, 0.29) is 6.04 Å². The molecule has 100 valence electrons. The number of anilines is 1. The summed E-state index contributed by atoms with van der Waals surface area (Å²) in [6, 6.07) is 6.04. The van der Waals surface area contributed by atoms with Crippen molar-refractivity contribution in [2.75, 3.05) is 11.9 Å². The second kappa shape index (κ2) is 4.64. The summed E-state index contributed by atoms with van der Waals surface area (Å²) in [6.45, 7) is 2.85. The van der Waals surface area contributed by atoms with Gasteiger partial charge in [-0.3, -0.25) is 0 Å². The molecule has 1 atom stereocenters. The molecule has 0 fully saturated rings. The van der Waals surface area contributed by atoms with E-state index in [0.717, 1.165) is 36.5 Å². The van der Waals surface area contributed by atoms with Crippen LogP contribution in [0, 0.1) is 11.6 Å². The van der Waals surface area contributed by atoms with Gasteiger partial charge in [0.05, 0.1) is 11.7 Å². The molecule has 1 N–H and O–H groups in total. The second-order valence-electron chi connectivity index (χ2n) is 4.72. The van der Waals surface area contributed by atoms with E-state index in [2.05, 4.69) is 10.4 Å². The molecule has 0 bridgehead atoms. The minimum atomic E-state index is -0.812. The SMILES string of the molecule is CCc1cc2n(n1)C(c1ccc(F)c(F)c1)CCN2. The monoisotopic (exact) mass is 263 g/mol. The summed E-state index contributed by atoms with van der Waals surface area (Å²) in [5.41, 5.74) is 1.75. The Balaban J connectivity index is 2.02. The van der Waals surface area contributed by atoms with Crippen LogP contribution >= 0.6 is 0 Å². The summed E-state index contributed by atoms with van der Waals surface area (Å²) in [4.78, 5) is 0. The van der Waals surface area contributed by atoms with Crippen molar-refractivity contribution in [1.29, 1.82) is 0 Å². The molecule has 0 saturated carbocycles. The number of aromatic nitrogens is 2. The quantitative estimate of drug-likeness (QED) is 0.902. The number of nitrogens with one attached hydrogen (secondary N) is 1. The highest BCUT2D eigenvalue weighted by atomic mass is 19.2. The molecule has 0 spiro atoms. The van der Waals surface area contributed by atoms with Gasteiger partial charge in [-0.25, -0.2) is 13.5 Å². The van der Waals surface area contributed by atoms with Gasteiger partial charge >= 0.3 is 0 Å². The van der Waals surface area contributed by atoms with Gasteiger partial charge in [0.1, 0.15) is 5.82 Å². The molecule has 0 aliphatic carbocycles. The maximum absolute atomic E-state index is 13.4. The molecular formula is C14H15F2N3. The van der Waals surface area contributed by atoms with Crippen LogP contribution in [0.1, 0.15) is 30.6 Å². The van der Waals surface area contributed by atoms with Gasteiger partial charge in [-0.2, -0.15) is 5.10 Å². The third-order valence-corrected chi connectivity index (χ3v) is 3.50. The molecule has 0 saturated heterocycles. The predicted molar refractivity (Wildman–Crippen MR) is 69.2 cm³/mol. The van der Waals surface area contributed by atoms with Crippen LogP contribution in [0.5, 0.6) is 0 Å². The Morgan fingerprint density at radius 2 is 2.16 bits per heavy atom. The summed E-state index contributed by atoms with van der Waals surface area (Å²) in [6.07, 6.45) is 1.66. The zero-order valence-electron chi connectivity index (χ0n) is 10.7. The first-order valence-corrected chi connectivity index (χ1v) is 6.46. The maximum Gasteiger partial charge on any atom is 0.159 e. The summed E-state index contributed by atoms with van der Waals surface area (Å²) in [5, 5.41) is 7.79. The van der Waals surface area contributed by atoms with Gasteiger partial charge in [0.15, 0.2) is 11.6 Å². The van der Waals surface area contributed by atoms with E-state index in [1.807, 2.05) is 17.7 Å². The number of benzene rings is 1. The van der Waals surface area contributed by atoms with Crippen molar-refractivity contribution in [3.05, 3.63) is 47.2 Å². The van der Waals surface area contributed by atoms with Crippen LogP contribution in [0.4, 0.5) is 14.6 Å². The van der Waals surface area contributed by atoms with Crippen LogP contribution in [-0.4, -0.2) is 16.3 Å². The minimum Gasteiger partial charge on any atom is -0.370 e. The molecular weight excluding hydrogens is 248 g/mol. The van der Waals surface area contributed by atoms with Gasteiger partial charge in [0.25, 0.3) is 0 Å². The standard InChI is InChI=1S/C14H15F2N3/c1-2-10-8-14-17-6-5-13(19(14)18-10)9-3-4-11(15)12(16)7-9/h3-4,7-8,13,17H,2,5-6H2,1H3. The molecule has 1 aromatic carbocycles. The number of rotatable bonds is 2. The Bertz CT molecular complexity index is 607.